The SMILES string of the molecule is COC(=O)c1cc(NC(=O)c2ccccc2-c2ccccc2)ccc1C(=O)N1CCN(C(=O)OC(C)(C)C)Cc2cc(Cl)ccc21. The van der Waals surface area contributed by atoms with Crippen LogP contribution in [-0.2, 0) is 16.0 Å². The summed E-state index contributed by atoms with van der Waals surface area (Å²) in [5, 5.41) is 3.30. The molecule has 46 heavy (non-hydrogen) atoms. The van der Waals surface area contributed by atoms with Gasteiger partial charge in [-0.25, -0.2) is 9.59 Å². The molecule has 4 aromatic rings. The van der Waals surface area contributed by atoms with E-state index in [0.717, 1.165) is 11.1 Å². The van der Waals surface area contributed by atoms with Crippen molar-refractivity contribution in [2.24, 2.45) is 0 Å². The third-order valence-corrected chi connectivity index (χ3v) is 7.59. The number of esters is 1. The van der Waals surface area contributed by atoms with Crippen LogP contribution in [-0.4, -0.2) is 54.6 Å². The van der Waals surface area contributed by atoms with E-state index in [0.29, 0.717) is 27.5 Å². The highest BCUT2D eigenvalue weighted by molar-refractivity contribution is 6.30. The zero-order valence-corrected chi connectivity index (χ0v) is 26.8. The first-order valence-electron chi connectivity index (χ1n) is 14.7. The lowest BCUT2D eigenvalue weighted by molar-refractivity contribution is 0.0242. The lowest BCUT2D eigenvalue weighted by Gasteiger charge is -2.26. The summed E-state index contributed by atoms with van der Waals surface area (Å²) in [7, 11) is 1.22. The molecule has 0 saturated heterocycles. The van der Waals surface area contributed by atoms with Crippen LogP contribution in [0.1, 0.15) is 57.4 Å². The third kappa shape index (κ3) is 7.21. The summed E-state index contributed by atoms with van der Waals surface area (Å²) in [5.41, 5.74) is 2.93. The minimum absolute atomic E-state index is 0.0228. The number of nitrogens with zero attached hydrogens (tertiary/aromatic N) is 2. The molecule has 1 aliphatic heterocycles. The lowest BCUT2D eigenvalue weighted by atomic mass is 9.99. The molecule has 0 radical (unpaired) electrons. The summed E-state index contributed by atoms with van der Waals surface area (Å²) in [6, 6.07) is 26.3. The van der Waals surface area contributed by atoms with Gasteiger partial charge in [0.25, 0.3) is 11.8 Å². The Labute approximate surface area is 272 Å². The number of fused-ring (bicyclic) bond motifs is 1. The molecule has 0 bridgehead atoms. The second kappa shape index (κ2) is 13.5. The molecule has 1 heterocycles. The van der Waals surface area contributed by atoms with E-state index >= 15 is 0 Å². The molecule has 0 aliphatic carbocycles. The summed E-state index contributed by atoms with van der Waals surface area (Å²) < 4.78 is 10.6. The second-order valence-corrected chi connectivity index (χ2v) is 12.2. The predicted molar refractivity (Wildman–Crippen MR) is 177 cm³/mol. The maximum atomic E-state index is 14.2. The fraction of sp³-hybridized carbons (Fsp3) is 0.222. The molecule has 0 unspecified atom stereocenters. The van der Waals surface area contributed by atoms with Crippen LogP contribution in [0.2, 0.25) is 5.02 Å². The molecule has 5 rings (SSSR count). The van der Waals surface area contributed by atoms with E-state index in [2.05, 4.69) is 5.32 Å². The van der Waals surface area contributed by atoms with Crippen molar-refractivity contribution in [3.8, 4) is 11.1 Å². The molecule has 0 atom stereocenters. The molecule has 10 heteroatoms. The van der Waals surface area contributed by atoms with Crippen molar-refractivity contribution in [3.05, 3.63) is 118 Å². The maximum Gasteiger partial charge on any atom is 0.410 e. The molecule has 0 saturated carbocycles. The number of anilines is 2. The normalized spacial score (nSPS) is 12.9. The van der Waals surface area contributed by atoms with E-state index in [-0.39, 0.29) is 36.7 Å². The molecule has 1 N–H and O–H groups in total. The topological polar surface area (TPSA) is 105 Å². The molecule has 1 aliphatic rings. The minimum atomic E-state index is -0.745. The number of ether oxygens (including phenoxy) is 2. The smallest absolute Gasteiger partial charge is 0.410 e. The molecule has 9 nitrogen and oxygen atoms in total. The van der Waals surface area contributed by atoms with Gasteiger partial charge in [-0.3, -0.25) is 9.59 Å². The van der Waals surface area contributed by atoms with Gasteiger partial charge in [0.15, 0.2) is 0 Å². The number of rotatable bonds is 5. The maximum absolute atomic E-state index is 14.2. The number of methoxy groups -OCH3 is 1. The number of carbonyl (C=O) groups is 4. The molecule has 3 amide bonds. The molecular formula is C36H34ClN3O6. The molecule has 0 fully saturated rings. The average Bonchev–Trinajstić information content (AvgIpc) is 3.23. The van der Waals surface area contributed by atoms with Crippen LogP contribution in [0, 0.1) is 0 Å². The van der Waals surface area contributed by atoms with Crippen LogP contribution >= 0.6 is 11.6 Å². The van der Waals surface area contributed by atoms with Crippen LogP contribution < -0.4 is 10.2 Å². The Kier molecular flexibility index (Phi) is 9.44. The summed E-state index contributed by atoms with van der Waals surface area (Å²) in [6.45, 7) is 5.83. The van der Waals surface area contributed by atoms with Gasteiger partial charge < -0.3 is 24.6 Å². The largest absolute Gasteiger partial charge is 0.465 e. The number of carbonyl (C=O) groups excluding carboxylic acids is 4. The Morgan fingerprint density at radius 3 is 2.24 bits per heavy atom. The zero-order valence-electron chi connectivity index (χ0n) is 26.0. The fourth-order valence-corrected chi connectivity index (χ4v) is 5.44. The van der Waals surface area contributed by atoms with Crippen molar-refractivity contribution in [3.63, 3.8) is 0 Å². The van der Waals surface area contributed by atoms with Gasteiger partial charge in [-0.1, -0.05) is 60.1 Å². The van der Waals surface area contributed by atoms with Crippen LogP contribution in [0.3, 0.4) is 0 Å². The van der Waals surface area contributed by atoms with Gasteiger partial charge in [-0.15, -0.1) is 0 Å². The molecular weight excluding hydrogens is 606 g/mol. The van der Waals surface area contributed by atoms with E-state index in [1.165, 1.54) is 29.0 Å². The number of nitrogens with one attached hydrogen (secondary N) is 1. The van der Waals surface area contributed by atoms with Crippen LogP contribution in [0.15, 0.2) is 91.0 Å². The quantitative estimate of drug-likeness (QED) is 0.228. The average molecular weight is 640 g/mol. The minimum Gasteiger partial charge on any atom is -0.465 e. The Morgan fingerprint density at radius 1 is 0.804 bits per heavy atom. The van der Waals surface area contributed by atoms with E-state index in [4.69, 9.17) is 21.1 Å². The molecule has 4 aromatic carbocycles. The van der Waals surface area contributed by atoms with Gasteiger partial charge in [-0.05, 0) is 79.9 Å². The number of amides is 3. The van der Waals surface area contributed by atoms with Gasteiger partial charge in [-0.2, -0.15) is 0 Å². The Morgan fingerprint density at radius 2 is 1.52 bits per heavy atom. The molecule has 0 spiro atoms. The van der Waals surface area contributed by atoms with Crippen molar-refractivity contribution in [1.82, 2.24) is 4.90 Å². The molecule has 0 aromatic heterocycles. The summed E-state index contributed by atoms with van der Waals surface area (Å²) in [5.74, 6) is -1.61. The highest BCUT2D eigenvalue weighted by atomic mass is 35.5. The predicted octanol–water partition coefficient (Wildman–Crippen LogP) is 7.44. The monoisotopic (exact) mass is 639 g/mol. The van der Waals surface area contributed by atoms with Crippen molar-refractivity contribution >= 4 is 46.9 Å². The van der Waals surface area contributed by atoms with E-state index in [9.17, 15) is 19.2 Å². The van der Waals surface area contributed by atoms with E-state index < -0.39 is 23.6 Å². The zero-order chi connectivity index (χ0) is 33.0. The van der Waals surface area contributed by atoms with Gasteiger partial charge in [0.2, 0.25) is 0 Å². The lowest BCUT2D eigenvalue weighted by Crippen LogP contribution is -2.40. The number of hydrogen-bond acceptors (Lipinski definition) is 6. The van der Waals surface area contributed by atoms with E-state index in [1.54, 1.807) is 57.2 Å². The van der Waals surface area contributed by atoms with Crippen molar-refractivity contribution in [2.45, 2.75) is 32.9 Å². The first-order chi connectivity index (χ1) is 21.9. The van der Waals surface area contributed by atoms with Gasteiger partial charge in [0, 0.05) is 35.1 Å². The number of hydrogen-bond donors (Lipinski definition) is 1. The van der Waals surface area contributed by atoms with Gasteiger partial charge in [0.1, 0.15) is 5.60 Å². The second-order valence-electron chi connectivity index (χ2n) is 11.7. The van der Waals surface area contributed by atoms with Crippen LogP contribution in [0.4, 0.5) is 16.2 Å². The highest BCUT2D eigenvalue weighted by Gasteiger charge is 2.31. The van der Waals surface area contributed by atoms with Gasteiger partial charge >= 0.3 is 12.1 Å². The summed E-state index contributed by atoms with van der Waals surface area (Å²) >= 11 is 6.31. The highest BCUT2D eigenvalue weighted by Crippen LogP contribution is 2.31. The number of benzene rings is 4. The first-order valence-corrected chi connectivity index (χ1v) is 15.1. The van der Waals surface area contributed by atoms with E-state index in [1.807, 2.05) is 42.5 Å². The Balaban J connectivity index is 1.46. The number of halogens is 1. The Hall–Kier alpha value is -5.15. The standard InChI is InChI=1S/C36H34ClN3O6/c1-36(2,3)46-35(44)39-18-19-40(31-17-14-25(37)20-24(31)22-39)33(42)29-16-15-26(21-30(29)34(43)45-4)38-32(41)28-13-9-8-12-27(28)23-10-6-5-7-11-23/h5-17,20-21H,18-19,22H2,1-4H3,(H,38,41). The fourth-order valence-electron chi connectivity index (χ4n) is 5.24. The van der Waals surface area contributed by atoms with Crippen molar-refractivity contribution < 1.29 is 28.7 Å². The summed E-state index contributed by atoms with van der Waals surface area (Å²) in [6.07, 6.45) is -0.517. The summed E-state index contributed by atoms with van der Waals surface area (Å²) in [4.78, 5) is 56.6. The van der Waals surface area contributed by atoms with Crippen molar-refractivity contribution in [1.29, 1.82) is 0 Å². The van der Waals surface area contributed by atoms with Crippen molar-refractivity contribution in [2.75, 3.05) is 30.4 Å². The molecule has 236 valence electrons. The van der Waals surface area contributed by atoms with Crippen LogP contribution in [0.25, 0.3) is 11.1 Å². The first kappa shape index (κ1) is 32.2. The Bertz CT molecular complexity index is 1800. The van der Waals surface area contributed by atoms with Crippen LogP contribution in [0.5, 0.6) is 0 Å². The van der Waals surface area contributed by atoms with Gasteiger partial charge in [0.05, 0.1) is 24.8 Å². The third-order valence-electron chi connectivity index (χ3n) is 7.35.